The van der Waals surface area contributed by atoms with E-state index in [2.05, 4.69) is 34.5 Å². The predicted octanol–water partition coefficient (Wildman–Crippen LogP) is 1.44. The highest BCUT2D eigenvalue weighted by Crippen LogP contribution is 2.29. The van der Waals surface area contributed by atoms with E-state index in [1.165, 1.54) is 11.3 Å². The van der Waals surface area contributed by atoms with Crippen LogP contribution in [0.1, 0.15) is 31.7 Å². The summed E-state index contributed by atoms with van der Waals surface area (Å²) in [5.74, 6) is -0.257. The van der Waals surface area contributed by atoms with Gasteiger partial charge in [-0.1, -0.05) is 18.2 Å². The van der Waals surface area contributed by atoms with E-state index in [0.717, 1.165) is 32.2 Å². The molecule has 1 heterocycles. The van der Waals surface area contributed by atoms with Crippen LogP contribution in [0.2, 0.25) is 0 Å². The van der Waals surface area contributed by atoms with Crippen LogP contribution in [0.5, 0.6) is 0 Å². The van der Waals surface area contributed by atoms with Crippen LogP contribution >= 0.6 is 0 Å². The molecule has 1 atom stereocenters. The van der Waals surface area contributed by atoms with Crippen molar-refractivity contribution in [2.24, 2.45) is 5.73 Å². The van der Waals surface area contributed by atoms with Gasteiger partial charge in [0, 0.05) is 24.8 Å². The lowest BCUT2D eigenvalue weighted by molar-refractivity contribution is -0.123. The Morgan fingerprint density at radius 3 is 2.90 bits per heavy atom. The summed E-state index contributed by atoms with van der Waals surface area (Å²) in [5.41, 5.74) is 7.63. The van der Waals surface area contributed by atoms with Gasteiger partial charge in [-0.25, -0.2) is 0 Å². The van der Waals surface area contributed by atoms with Gasteiger partial charge in [-0.05, 0) is 44.2 Å². The second kappa shape index (κ2) is 5.09. The van der Waals surface area contributed by atoms with Crippen LogP contribution in [0.15, 0.2) is 24.3 Å². The first-order valence-electron chi connectivity index (χ1n) is 7.49. The molecule has 2 aliphatic rings. The van der Waals surface area contributed by atoms with E-state index in [1.54, 1.807) is 0 Å². The smallest absolute Gasteiger partial charge is 0.239 e. The zero-order valence-electron chi connectivity index (χ0n) is 12.1. The molecule has 1 unspecified atom stereocenters. The van der Waals surface area contributed by atoms with Crippen LogP contribution in [0.25, 0.3) is 0 Å². The molecule has 0 aromatic heterocycles. The SMILES string of the molecule is CC(CN1CCCc2ccccc21)(NC1CC1)C(N)=O. The van der Waals surface area contributed by atoms with Crippen molar-refractivity contribution >= 4 is 11.6 Å². The number of fused-ring (bicyclic) bond motifs is 1. The topological polar surface area (TPSA) is 58.4 Å². The molecular weight excluding hydrogens is 250 g/mol. The maximum absolute atomic E-state index is 11.9. The van der Waals surface area contributed by atoms with Crippen molar-refractivity contribution in [3.05, 3.63) is 29.8 Å². The van der Waals surface area contributed by atoms with Crippen molar-refractivity contribution in [1.29, 1.82) is 0 Å². The van der Waals surface area contributed by atoms with Gasteiger partial charge in [-0.3, -0.25) is 10.1 Å². The molecule has 4 nitrogen and oxygen atoms in total. The standard InChI is InChI=1S/C16H23N3O/c1-16(15(17)20,18-13-8-9-13)11-19-10-4-6-12-5-2-3-7-14(12)19/h2-3,5,7,13,18H,4,6,8-11H2,1H3,(H2,17,20). The molecule has 1 aromatic rings. The third-order valence-electron chi connectivity index (χ3n) is 4.36. The van der Waals surface area contributed by atoms with Gasteiger partial charge in [-0.15, -0.1) is 0 Å². The normalized spacial score (nSPS) is 21.1. The highest BCUT2D eigenvalue weighted by molar-refractivity contribution is 5.85. The minimum atomic E-state index is -0.647. The number of hydrogen-bond donors (Lipinski definition) is 2. The van der Waals surface area contributed by atoms with Gasteiger partial charge in [0.2, 0.25) is 5.91 Å². The number of amides is 1. The van der Waals surface area contributed by atoms with Crippen LogP contribution in [-0.2, 0) is 11.2 Å². The number of rotatable bonds is 5. The average Bonchev–Trinajstić information content (AvgIpc) is 3.23. The van der Waals surface area contributed by atoms with Gasteiger partial charge in [-0.2, -0.15) is 0 Å². The van der Waals surface area contributed by atoms with Gasteiger partial charge >= 0.3 is 0 Å². The number of para-hydroxylation sites is 1. The quantitative estimate of drug-likeness (QED) is 0.853. The van der Waals surface area contributed by atoms with Crippen molar-refractivity contribution in [2.75, 3.05) is 18.0 Å². The van der Waals surface area contributed by atoms with Crippen LogP contribution in [-0.4, -0.2) is 30.6 Å². The number of carbonyl (C=O) groups is 1. The van der Waals surface area contributed by atoms with Crippen LogP contribution in [0.3, 0.4) is 0 Å². The Morgan fingerprint density at radius 1 is 1.45 bits per heavy atom. The summed E-state index contributed by atoms with van der Waals surface area (Å²) in [7, 11) is 0. The summed E-state index contributed by atoms with van der Waals surface area (Å²) in [4.78, 5) is 14.2. The number of nitrogens with two attached hydrogens (primary N) is 1. The lowest BCUT2D eigenvalue weighted by Gasteiger charge is -2.38. The van der Waals surface area contributed by atoms with Crippen molar-refractivity contribution in [1.82, 2.24) is 5.32 Å². The third-order valence-corrected chi connectivity index (χ3v) is 4.36. The summed E-state index contributed by atoms with van der Waals surface area (Å²) in [6, 6.07) is 8.93. The molecule has 0 saturated heterocycles. The predicted molar refractivity (Wildman–Crippen MR) is 80.7 cm³/mol. The highest BCUT2D eigenvalue weighted by atomic mass is 16.1. The van der Waals surface area contributed by atoms with E-state index < -0.39 is 5.54 Å². The van der Waals surface area contributed by atoms with E-state index in [4.69, 9.17) is 5.73 Å². The zero-order chi connectivity index (χ0) is 14.2. The Hall–Kier alpha value is -1.55. The van der Waals surface area contributed by atoms with E-state index >= 15 is 0 Å². The fourth-order valence-corrected chi connectivity index (χ4v) is 3.03. The summed E-state index contributed by atoms with van der Waals surface area (Å²) in [6.07, 6.45) is 4.56. The Bertz CT molecular complexity index is 512. The van der Waals surface area contributed by atoms with Crippen molar-refractivity contribution in [3.8, 4) is 0 Å². The third kappa shape index (κ3) is 2.66. The second-order valence-corrected chi connectivity index (χ2v) is 6.27. The summed E-state index contributed by atoms with van der Waals surface area (Å²) < 4.78 is 0. The number of benzene rings is 1. The zero-order valence-corrected chi connectivity index (χ0v) is 12.1. The maximum atomic E-state index is 11.9. The molecule has 1 aromatic carbocycles. The number of primary amides is 1. The van der Waals surface area contributed by atoms with E-state index in [0.29, 0.717) is 12.6 Å². The number of carbonyl (C=O) groups excluding carboxylic acids is 1. The minimum Gasteiger partial charge on any atom is -0.369 e. The highest BCUT2D eigenvalue weighted by Gasteiger charge is 2.39. The maximum Gasteiger partial charge on any atom is 0.239 e. The van der Waals surface area contributed by atoms with E-state index in [-0.39, 0.29) is 5.91 Å². The first-order valence-corrected chi connectivity index (χ1v) is 7.49. The molecule has 20 heavy (non-hydrogen) atoms. The summed E-state index contributed by atoms with van der Waals surface area (Å²) in [5, 5.41) is 3.43. The molecule has 1 aliphatic carbocycles. The lowest BCUT2D eigenvalue weighted by atomic mass is 9.96. The molecule has 0 spiro atoms. The Balaban J connectivity index is 1.80. The average molecular weight is 273 g/mol. The van der Waals surface area contributed by atoms with Crippen LogP contribution in [0, 0.1) is 0 Å². The number of aryl methyl sites for hydroxylation is 1. The Kier molecular flexibility index (Phi) is 3.42. The van der Waals surface area contributed by atoms with Gasteiger partial charge in [0.1, 0.15) is 5.54 Å². The molecule has 0 bridgehead atoms. The van der Waals surface area contributed by atoms with Gasteiger partial charge in [0.25, 0.3) is 0 Å². The van der Waals surface area contributed by atoms with E-state index in [1.807, 2.05) is 6.92 Å². The molecule has 108 valence electrons. The molecule has 1 amide bonds. The van der Waals surface area contributed by atoms with Crippen molar-refractivity contribution in [2.45, 2.75) is 44.2 Å². The molecule has 1 fully saturated rings. The Labute approximate surface area is 120 Å². The summed E-state index contributed by atoms with van der Waals surface area (Å²) >= 11 is 0. The molecule has 3 N–H and O–H groups in total. The van der Waals surface area contributed by atoms with Gasteiger partial charge in [0.15, 0.2) is 0 Å². The number of anilines is 1. The number of nitrogens with one attached hydrogen (secondary N) is 1. The molecule has 4 heteroatoms. The van der Waals surface area contributed by atoms with Crippen molar-refractivity contribution in [3.63, 3.8) is 0 Å². The molecule has 1 saturated carbocycles. The van der Waals surface area contributed by atoms with Gasteiger partial charge in [0.05, 0.1) is 0 Å². The second-order valence-electron chi connectivity index (χ2n) is 6.27. The fourth-order valence-electron chi connectivity index (χ4n) is 3.03. The number of nitrogens with zero attached hydrogens (tertiary/aromatic N) is 1. The lowest BCUT2D eigenvalue weighted by Crippen LogP contribution is -2.60. The summed E-state index contributed by atoms with van der Waals surface area (Å²) in [6.45, 7) is 3.58. The molecule has 0 radical (unpaired) electrons. The first-order chi connectivity index (χ1) is 9.58. The molecular formula is C16H23N3O. The minimum absolute atomic E-state index is 0.257. The number of hydrogen-bond acceptors (Lipinski definition) is 3. The molecule has 3 rings (SSSR count). The van der Waals surface area contributed by atoms with Gasteiger partial charge < -0.3 is 10.6 Å². The first kappa shape index (κ1) is 13.4. The Morgan fingerprint density at radius 2 is 2.20 bits per heavy atom. The molecule has 1 aliphatic heterocycles. The monoisotopic (exact) mass is 273 g/mol. The van der Waals surface area contributed by atoms with Crippen LogP contribution in [0.4, 0.5) is 5.69 Å². The van der Waals surface area contributed by atoms with Crippen molar-refractivity contribution < 1.29 is 4.79 Å². The fraction of sp³-hybridized carbons (Fsp3) is 0.562. The van der Waals surface area contributed by atoms with Crippen LogP contribution < -0.4 is 16.0 Å². The largest absolute Gasteiger partial charge is 0.369 e. The van der Waals surface area contributed by atoms with E-state index in [9.17, 15) is 4.79 Å².